The summed E-state index contributed by atoms with van der Waals surface area (Å²) in [6.45, 7) is 11.9. The molecule has 0 saturated heterocycles. The van der Waals surface area contributed by atoms with Crippen molar-refractivity contribution in [1.29, 1.82) is 10.8 Å². The molecule has 0 aromatic heterocycles. The third kappa shape index (κ3) is 13.0. The van der Waals surface area contributed by atoms with Crippen LogP contribution in [-0.4, -0.2) is 72.2 Å². The number of rotatable bonds is 21. The average Bonchev–Trinajstić information content (AvgIpc) is 3.51. The van der Waals surface area contributed by atoms with E-state index in [2.05, 4.69) is 21.3 Å². The van der Waals surface area contributed by atoms with E-state index in [1.807, 2.05) is 70.2 Å². The molecule has 52 heavy (non-hydrogen) atoms. The second-order valence-corrected chi connectivity index (χ2v) is 14.2. The Hall–Kier alpha value is -4.42. The van der Waals surface area contributed by atoms with Gasteiger partial charge in [0.2, 0.25) is 11.8 Å². The monoisotopic (exact) mass is 719 g/mol. The van der Waals surface area contributed by atoms with Crippen molar-refractivity contribution in [3.05, 3.63) is 70.8 Å². The van der Waals surface area contributed by atoms with Crippen molar-refractivity contribution in [2.24, 2.45) is 23.5 Å². The molecule has 10 N–H and O–H groups in total. The van der Waals surface area contributed by atoms with Crippen molar-refractivity contribution in [1.82, 2.24) is 21.3 Å². The van der Waals surface area contributed by atoms with Gasteiger partial charge in [0.05, 0.1) is 18.0 Å². The molecule has 0 radical (unpaired) electrons. The van der Waals surface area contributed by atoms with E-state index in [-0.39, 0.29) is 35.5 Å². The van der Waals surface area contributed by atoms with Crippen LogP contribution in [0.3, 0.4) is 0 Å². The Labute approximate surface area is 309 Å². The lowest BCUT2D eigenvalue weighted by atomic mass is 9.81. The van der Waals surface area contributed by atoms with Gasteiger partial charge in [0.1, 0.15) is 17.8 Å². The molecular formula is C40H61N7O5. The fraction of sp³-hybridized carbons (Fsp3) is 0.550. The summed E-state index contributed by atoms with van der Waals surface area (Å²) < 4.78 is 6.44. The Balaban J connectivity index is 1.72. The first kappa shape index (κ1) is 42.0. The summed E-state index contributed by atoms with van der Waals surface area (Å²) in [6.07, 6.45) is 6.01. The zero-order chi connectivity index (χ0) is 38.2. The van der Waals surface area contributed by atoms with Gasteiger partial charge in [-0.3, -0.25) is 20.4 Å². The van der Waals surface area contributed by atoms with E-state index >= 15 is 0 Å². The number of unbranched alkanes of at least 4 members (excludes halogenated alkanes) is 2. The van der Waals surface area contributed by atoms with Gasteiger partial charge in [-0.2, -0.15) is 0 Å². The molecule has 0 bridgehead atoms. The van der Waals surface area contributed by atoms with E-state index in [0.29, 0.717) is 44.2 Å². The standard InChI is InChI=1S/C40H61N7O5/c1-6-25(2)36(49)27(4)37(50)26(3)23-29-11-15-31(16-12-29)38-35(39(51)46-21-9-7-19-44-28(5)41)32-24-30(13-17-33(32)52-38)14-18-34(48)45-20-8-10-22-47-40(42)43/h11-18,24-27,35-38,49-50H,6-10,19-23H2,1-5H3,(H2,41,44)(H,45,48)(H,46,51)(H4,42,43,47). The lowest BCUT2D eigenvalue weighted by Gasteiger charge is -2.31. The number of aliphatic hydroxyl groups is 2. The molecule has 0 fully saturated rings. The summed E-state index contributed by atoms with van der Waals surface area (Å²) >= 11 is 0. The summed E-state index contributed by atoms with van der Waals surface area (Å²) in [7, 11) is 0. The minimum atomic E-state index is -0.648. The van der Waals surface area contributed by atoms with Crippen LogP contribution in [-0.2, 0) is 16.0 Å². The van der Waals surface area contributed by atoms with Crippen LogP contribution in [0, 0.1) is 28.6 Å². The van der Waals surface area contributed by atoms with Crippen LogP contribution in [0.4, 0.5) is 0 Å². The third-order valence-electron chi connectivity index (χ3n) is 9.90. The summed E-state index contributed by atoms with van der Waals surface area (Å²) in [6, 6.07) is 13.6. The molecule has 12 nitrogen and oxygen atoms in total. The van der Waals surface area contributed by atoms with Crippen molar-refractivity contribution < 1.29 is 24.5 Å². The fourth-order valence-corrected chi connectivity index (χ4v) is 6.51. The Morgan fingerprint density at radius 3 is 2.08 bits per heavy atom. The molecule has 0 saturated carbocycles. The molecule has 2 amide bonds. The van der Waals surface area contributed by atoms with Crippen LogP contribution in [0.25, 0.3) is 6.08 Å². The highest BCUT2D eigenvalue weighted by Gasteiger charge is 2.40. The van der Waals surface area contributed by atoms with E-state index in [1.165, 1.54) is 6.08 Å². The molecule has 0 spiro atoms. The molecule has 1 heterocycles. The zero-order valence-electron chi connectivity index (χ0n) is 31.5. The number of hydrogen-bond donors (Lipinski definition) is 9. The second kappa shape index (κ2) is 21.2. The summed E-state index contributed by atoms with van der Waals surface area (Å²) in [5, 5.41) is 48.1. The number of ether oxygens (including phenoxy) is 1. The van der Waals surface area contributed by atoms with Gasteiger partial charge in [0.25, 0.3) is 0 Å². The predicted molar refractivity (Wildman–Crippen MR) is 207 cm³/mol. The van der Waals surface area contributed by atoms with Crippen molar-refractivity contribution >= 4 is 29.7 Å². The lowest BCUT2D eigenvalue weighted by Crippen LogP contribution is -2.38. The molecule has 1 aliphatic rings. The number of nitrogens with one attached hydrogen (secondary N) is 6. The Morgan fingerprint density at radius 2 is 1.46 bits per heavy atom. The molecule has 7 unspecified atom stereocenters. The maximum atomic E-state index is 13.8. The predicted octanol–water partition coefficient (Wildman–Crippen LogP) is 4.36. The summed E-state index contributed by atoms with van der Waals surface area (Å²) in [5.41, 5.74) is 8.71. The van der Waals surface area contributed by atoms with Gasteiger partial charge < -0.3 is 42.0 Å². The van der Waals surface area contributed by atoms with Crippen molar-refractivity contribution in [3.63, 3.8) is 0 Å². The smallest absolute Gasteiger partial charge is 0.243 e. The molecule has 0 aliphatic carbocycles. The maximum absolute atomic E-state index is 13.8. The number of amidine groups is 1. The number of carbonyl (C=O) groups excluding carboxylic acids is 2. The maximum Gasteiger partial charge on any atom is 0.243 e. The van der Waals surface area contributed by atoms with Crippen LogP contribution in [0.15, 0.2) is 48.5 Å². The first-order valence-electron chi connectivity index (χ1n) is 18.7. The SMILES string of the molecule is CCC(C)C(O)C(C)C(O)C(C)Cc1ccc(C2Oc3ccc(C=CC(=O)NCCCCNC(=N)N)cc3C2C(=O)NCCCCNC(C)=N)cc1. The van der Waals surface area contributed by atoms with Crippen LogP contribution >= 0.6 is 0 Å². The highest BCUT2D eigenvalue weighted by molar-refractivity contribution is 5.92. The van der Waals surface area contributed by atoms with E-state index < -0.39 is 24.2 Å². The van der Waals surface area contributed by atoms with Gasteiger partial charge in [-0.1, -0.05) is 64.4 Å². The van der Waals surface area contributed by atoms with Crippen molar-refractivity contribution in [3.8, 4) is 5.75 Å². The van der Waals surface area contributed by atoms with Gasteiger partial charge in [0, 0.05) is 43.7 Å². The first-order chi connectivity index (χ1) is 24.8. The van der Waals surface area contributed by atoms with Crippen LogP contribution < -0.4 is 31.7 Å². The largest absolute Gasteiger partial charge is 0.484 e. The number of fused-ring (bicyclic) bond motifs is 1. The quantitative estimate of drug-likeness (QED) is 0.0391. The normalized spacial score (nSPS) is 18.0. The minimum absolute atomic E-state index is 0.0632. The van der Waals surface area contributed by atoms with E-state index in [1.54, 1.807) is 13.0 Å². The highest BCUT2D eigenvalue weighted by Crippen LogP contribution is 2.46. The highest BCUT2D eigenvalue weighted by atomic mass is 16.5. The molecule has 2 aromatic rings. The van der Waals surface area contributed by atoms with Gasteiger partial charge in [-0.15, -0.1) is 0 Å². The number of nitrogens with two attached hydrogens (primary N) is 1. The van der Waals surface area contributed by atoms with Crippen LogP contribution in [0.2, 0.25) is 0 Å². The van der Waals surface area contributed by atoms with Gasteiger partial charge in [0.15, 0.2) is 5.96 Å². The number of hydrogen-bond acceptors (Lipinski definition) is 7. The number of benzene rings is 2. The van der Waals surface area contributed by atoms with Gasteiger partial charge >= 0.3 is 0 Å². The molecule has 7 atom stereocenters. The van der Waals surface area contributed by atoms with Crippen molar-refractivity contribution in [2.75, 3.05) is 26.2 Å². The van der Waals surface area contributed by atoms with E-state index in [4.69, 9.17) is 21.3 Å². The summed E-state index contributed by atoms with van der Waals surface area (Å²) in [5.74, 6) is -0.213. The number of amides is 2. The molecule has 12 heteroatoms. The molecule has 286 valence electrons. The van der Waals surface area contributed by atoms with Gasteiger partial charge in [-0.25, -0.2) is 0 Å². The topological polar surface area (TPSA) is 206 Å². The number of guanidine groups is 1. The van der Waals surface area contributed by atoms with Gasteiger partial charge in [-0.05, 0) is 85.8 Å². The lowest BCUT2D eigenvalue weighted by molar-refractivity contribution is -0.124. The fourth-order valence-electron chi connectivity index (χ4n) is 6.51. The molecule has 1 aliphatic heterocycles. The van der Waals surface area contributed by atoms with E-state index in [0.717, 1.165) is 54.4 Å². The Kier molecular flexibility index (Phi) is 17.1. The van der Waals surface area contributed by atoms with Crippen LogP contribution in [0.1, 0.15) is 101 Å². The molecular weight excluding hydrogens is 658 g/mol. The minimum Gasteiger partial charge on any atom is -0.484 e. The van der Waals surface area contributed by atoms with Crippen molar-refractivity contribution in [2.45, 2.75) is 97.4 Å². The van der Waals surface area contributed by atoms with Crippen LogP contribution in [0.5, 0.6) is 5.75 Å². The Bertz CT molecular complexity index is 1500. The average molecular weight is 720 g/mol. The molecule has 2 aromatic carbocycles. The molecule has 3 rings (SSSR count). The third-order valence-corrected chi connectivity index (χ3v) is 9.90. The Morgan fingerprint density at radius 1 is 0.865 bits per heavy atom. The first-order valence-corrected chi connectivity index (χ1v) is 18.7. The van der Waals surface area contributed by atoms with E-state index in [9.17, 15) is 19.8 Å². The second-order valence-electron chi connectivity index (χ2n) is 14.2. The number of carbonyl (C=O) groups is 2. The summed E-state index contributed by atoms with van der Waals surface area (Å²) in [4.78, 5) is 26.3. The zero-order valence-corrected chi connectivity index (χ0v) is 31.5. The number of aliphatic hydroxyl groups excluding tert-OH is 2.